The van der Waals surface area contributed by atoms with E-state index in [1.165, 1.54) is 19.3 Å². The van der Waals surface area contributed by atoms with Crippen molar-refractivity contribution in [1.82, 2.24) is 4.72 Å². The number of benzene rings is 1. The van der Waals surface area contributed by atoms with E-state index in [-0.39, 0.29) is 6.04 Å². The van der Waals surface area contributed by atoms with Crippen LogP contribution in [0.25, 0.3) is 0 Å². The van der Waals surface area contributed by atoms with E-state index in [9.17, 15) is 8.42 Å². The van der Waals surface area contributed by atoms with E-state index >= 15 is 0 Å². The van der Waals surface area contributed by atoms with Crippen LogP contribution >= 0.6 is 15.9 Å². The number of hydrogen-bond acceptors (Lipinski definition) is 2. The normalized spacial score (nSPS) is 18.6. The first-order valence-corrected chi connectivity index (χ1v) is 10.00. The molecule has 0 spiro atoms. The summed E-state index contributed by atoms with van der Waals surface area (Å²) in [5.41, 5.74) is 1.04. The third kappa shape index (κ3) is 4.30. The first kappa shape index (κ1) is 17.0. The summed E-state index contributed by atoms with van der Waals surface area (Å²) in [6.45, 7) is 4.01. The molecule has 21 heavy (non-hydrogen) atoms. The average molecular weight is 374 g/mol. The lowest BCUT2D eigenvalue weighted by molar-refractivity contribution is 0.285. The first-order chi connectivity index (χ1) is 9.94. The Morgan fingerprint density at radius 2 is 1.95 bits per heavy atom. The molecule has 0 heterocycles. The second kappa shape index (κ2) is 7.25. The van der Waals surface area contributed by atoms with Gasteiger partial charge in [-0.15, -0.1) is 0 Å². The zero-order valence-electron chi connectivity index (χ0n) is 12.7. The van der Waals surface area contributed by atoms with Crippen LogP contribution < -0.4 is 4.72 Å². The van der Waals surface area contributed by atoms with Crippen molar-refractivity contribution in [3.05, 3.63) is 28.2 Å². The molecule has 0 amide bonds. The SMILES string of the molecule is CCC(NS(=O)(=O)c1ccc(C)cc1Br)C1CCCCC1. The van der Waals surface area contributed by atoms with Crippen LogP contribution in [0.5, 0.6) is 0 Å². The van der Waals surface area contributed by atoms with Gasteiger partial charge >= 0.3 is 0 Å². The maximum Gasteiger partial charge on any atom is 0.241 e. The highest BCUT2D eigenvalue weighted by molar-refractivity contribution is 9.10. The van der Waals surface area contributed by atoms with E-state index in [4.69, 9.17) is 0 Å². The lowest BCUT2D eigenvalue weighted by atomic mass is 9.83. The van der Waals surface area contributed by atoms with Crippen molar-refractivity contribution in [3.63, 3.8) is 0 Å². The Hall–Kier alpha value is -0.390. The zero-order valence-corrected chi connectivity index (χ0v) is 15.1. The lowest BCUT2D eigenvalue weighted by Crippen LogP contribution is -2.40. The minimum atomic E-state index is -3.47. The van der Waals surface area contributed by atoms with Gasteiger partial charge in [0.2, 0.25) is 10.0 Å². The quantitative estimate of drug-likeness (QED) is 0.831. The molecular weight excluding hydrogens is 350 g/mol. The molecule has 0 aromatic heterocycles. The second-order valence-corrected chi connectivity index (χ2v) is 8.50. The van der Waals surface area contributed by atoms with Gasteiger partial charge in [-0.2, -0.15) is 0 Å². The van der Waals surface area contributed by atoms with Gasteiger partial charge in [-0.3, -0.25) is 0 Å². The Labute approximate surface area is 136 Å². The number of hydrogen-bond donors (Lipinski definition) is 1. The van der Waals surface area contributed by atoms with Gasteiger partial charge in [0, 0.05) is 10.5 Å². The van der Waals surface area contributed by atoms with Crippen LogP contribution in [0, 0.1) is 12.8 Å². The number of aryl methyl sites for hydroxylation is 1. The first-order valence-electron chi connectivity index (χ1n) is 7.72. The number of rotatable bonds is 5. The molecule has 0 radical (unpaired) electrons. The van der Waals surface area contributed by atoms with Crippen LogP contribution in [-0.4, -0.2) is 14.5 Å². The van der Waals surface area contributed by atoms with Gasteiger partial charge in [-0.25, -0.2) is 13.1 Å². The van der Waals surface area contributed by atoms with Gasteiger partial charge in [-0.05, 0) is 65.7 Å². The number of halogens is 1. The van der Waals surface area contributed by atoms with Crippen LogP contribution in [-0.2, 0) is 10.0 Å². The van der Waals surface area contributed by atoms with Crippen LogP contribution in [0.4, 0.5) is 0 Å². The highest BCUT2D eigenvalue weighted by Gasteiger charge is 2.28. The van der Waals surface area contributed by atoms with Crippen LogP contribution in [0.2, 0.25) is 0 Å². The molecule has 1 aliphatic carbocycles. The Kier molecular flexibility index (Phi) is 5.86. The molecule has 1 fully saturated rings. The van der Waals surface area contributed by atoms with Crippen molar-refractivity contribution in [3.8, 4) is 0 Å². The highest BCUT2D eigenvalue weighted by Crippen LogP contribution is 2.29. The molecule has 1 unspecified atom stereocenters. The molecule has 2 rings (SSSR count). The molecule has 0 aliphatic heterocycles. The maximum absolute atomic E-state index is 12.6. The topological polar surface area (TPSA) is 46.2 Å². The minimum absolute atomic E-state index is 0.0449. The van der Waals surface area contributed by atoms with Gasteiger partial charge in [0.25, 0.3) is 0 Å². The minimum Gasteiger partial charge on any atom is -0.208 e. The van der Waals surface area contributed by atoms with E-state index in [2.05, 4.69) is 27.6 Å². The summed E-state index contributed by atoms with van der Waals surface area (Å²) in [7, 11) is -3.47. The molecule has 1 aromatic rings. The average Bonchev–Trinajstić information content (AvgIpc) is 2.45. The molecule has 1 N–H and O–H groups in total. The van der Waals surface area contributed by atoms with Gasteiger partial charge in [0.05, 0.1) is 4.90 Å². The third-order valence-electron chi connectivity index (χ3n) is 4.34. The molecule has 5 heteroatoms. The number of sulfonamides is 1. The van der Waals surface area contributed by atoms with Crippen molar-refractivity contribution < 1.29 is 8.42 Å². The van der Waals surface area contributed by atoms with Crippen molar-refractivity contribution in [2.75, 3.05) is 0 Å². The van der Waals surface area contributed by atoms with E-state index in [0.29, 0.717) is 15.3 Å². The standard InChI is InChI=1S/C16H24BrNO2S/c1-3-15(13-7-5-4-6-8-13)18-21(19,20)16-10-9-12(2)11-14(16)17/h9-11,13,15,18H,3-8H2,1-2H3. The number of nitrogens with one attached hydrogen (secondary N) is 1. The fourth-order valence-corrected chi connectivity index (χ4v) is 5.72. The Bertz CT molecular complexity index is 580. The molecule has 1 aromatic carbocycles. The fourth-order valence-electron chi connectivity index (χ4n) is 3.14. The summed E-state index contributed by atoms with van der Waals surface area (Å²) >= 11 is 3.37. The van der Waals surface area contributed by atoms with Gasteiger partial charge in [-0.1, -0.05) is 32.3 Å². The predicted octanol–water partition coefficient (Wildman–Crippen LogP) is 4.39. The highest BCUT2D eigenvalue weighted by atomic mass is 79.9. The second-order valence-electron chi connectivity index (χ2n) is 5.97. The van der Waals surface area contributed by atoms with Crippen molar-refractivity contribution in [2.45, 2.75) is 63.3 Å². The van der Waals surface area contributed by atoms with E-state index in [1.807, 2.05) is 19.1 Å². The molecule has 1 aliphatic rings. The summed E-state index contributed by atoms with van der Waals surface area (Å²) in [6.07, 6.45) is 6.83. The van der Waals surface area contributed by atoms with E-state index < -0.39 is 10.0 Å². The fraction of sp³-hybridized carbons (Fsp3) is 0.625. The lowest BCUT2D eigenvalue weighted by Gasteiger charge is -2.30. The Balaban J connectivity index is 2.18. The summed E-state index contributed by atoms with van der Waals surface area (Å²) in [5, 5.41) is 0. The summed E-state index contributed by atoms with van der Waals surface area (Å²) in [6, 6.07) is 5.40. The van der Waals surface area contributed by atoms with Crippen LogP contribution in [0.1, 0.15) is 51.0 Å². The zero-order chi connectivity index (χ0) is 15.5. The van der Waals surface area contributed by atoms with Gasteiger partial charge in [0.1, 0.15) is 0 Å². The molecule has 0 saturated heterocycles. The van der Waals surface area contributed by atoms with E-state index in [1.54, 1.807) is 6.07 Å². The summed E-state index contributed by atoms with van der Waals surface area (Å²) < 4.78 is 28.8. The molecule has 0 bridgehead atoms. The van der Waals surface area contributed by atoms with Gasteiger partial charge in [0.15, 0.2) is 0 Å². The monoisotopic (exact) mass is 373 g/mol. The molecular formula is C16H24BrNO2S. The van der Waals surface area contributed by atoms with Crippen molar-refractivity contribution >= 4 is 26.0 Å². The van der Waals surface area contributed by atoms with Crippen LogP contribution in [0.3, 0.4) is 0 Å². The summed E-state index contributed by atoms with van der Waals surface area (Å²) in [4.78, 5) is 0.336. The van der Waals surface area contributed by atoms with Gasteiger partial charge < -0.3 is 0 Å². The molecule has 118 valence electrons. The third-order valence-corrected chi connectivity index (χ3v) is 6.81. The molecule has 3 nitrogen and oxygen atoms in total. The summed E-state index contributed by atoms with van der Waals surface area (Å²) in [5.74, 6) is 0.475. The Morgan fingerprint density at radius 3 is 2.52 bits per heavy atom. The van der Waals surface area contributed by atoms with Crippen LogP contribution in [0.15, 0.2) is 27.6 Å². The largest absolute Gasteiger partial charge is 0.241 e. The van der Waals surface area contributed by atoms with Crippen molar-refractivity contribution in [2.24, 2.45) is 5.92 Å². The predicted molar refractivity (Wildman–Crippen MR) is 89.9 cm³/mol. The van der Waals surface area contributed by atoms with E-state index in [0.717, 1.165) is 24.8 Å². The molecule has 1 saturated carbocycles. The smallest absolute Gasteiger partial charge is 0.208 e. The van der Waals surface area contributed by atoms with Crippen molar-refractivity contribution in [1.29, 1.82) is 0 Å². The Morgan fingerprint density at radius 1 is 1.29 bits per heavy atom. The molecule has 1 atom stereocenters. The maximum atomic E-state index is 12.6.